The second-order valence-corrected chi connectivity index (χ2v) is 8.08. The van der Waals surface area contributed by atoms with Crippen molar-refractivity contribution in [1.82, 2.24) is 5.06 Å². The molecule has 2 amide bonds. The van der Waals surface area contributed by atoms with Crippen LogP contribution in [0.2, 0.25) is 0 Å². The van der Waals surface area contributed by atoms with E-state index in [9.17, 15) is 14.4 Å². The van der Waals surface area contributed by atoms with Gasteiger partial charge >= 0.3 is 0 Å². The summed E-state index contributed by atoms with van der Waals surface area (Å²) in [6, 6.07) is 25.7. The Hall–Kier alpha value is -3.61. The number of nitrogens with zero attached hydrogens (tertiary/aromatic N) is 2. The van der Waals surface area contributed by atoms with E-state index in [0.717, 1.165) is 11.1 Å². The van der Waals surface area contributed by atoms with Gasteiger partial charge in [0.1, 0.15) is 0 Å². The summed E-state index contributed by atoms with van der Waals surface area (Å²) in [6.07, 6.45) is -0.810. The minimum Gasteiger partial charge on any atom is -0.294 e. The lowest BCUT2D eigenvalue weighted by Gasteiger charge is -2.23. The Kier molecular flexibility index (Phi) is 5.17. The van der Waals surface area contributed by atoms with Gasteiger partial charge in [0.05, 0.1) is 17.6 Å². The van der Waals surface area contributed by atoms with E-state index in [4.69, 9.17) is 4.84 Å². The molecule has 0 unspecified atom stereocenters. The molecule has 2 heterocycles. The van der Waals surface area contributed by atoms with Gasteiger partial charge in [0, 0.05) is 19.0 Å². The molecule has 32 heavy (non-hydrogen) atoms. The van der Waals surface area contributed by atoms with Gasteiger partial charge < -0.3 is 0 Å². The van der Waals surface area contributed by atoms with Gasteiger partial charge in [-0.05, 0) is 23.3 Å². The second kappa shape index (κ2) is 8.15. The van der Waals surface area contributed by atoms with Crippen LogP contribution in [0.5, 0.6) is 0 Å². The summed E-state index contributed by atoms with van der Waals surface area (Å²) in [5.74, 6) is -1.52. The zero-order valence-electron chi connectivity index (χ0n) is 17.5. The molecule has 3 aromatic carbocycles. The molecule has 3 atom stereocenters. The number of fused-ring (bicyclic) bond motifs is 1. The molecule has 6 heteroatoms. The number of ketones is 1. The zero-order valence-corrected chi connectivity index (χ0v) is 17.5. The molecule has 2 fully saturated rings. The first kappa shape index (κ1) is 20.3. The Bertz CT molecular complexity index is 1160. The van der Waals surface area contributed by atoms with Crippen LogP contribution in [-0.4, -0.2) is 41.9 Å². The predicted molar refractivity (Wildman–Crippen MR) is 120 cm³/mol. The summed E-state index contributed by atoms with van der Waals surface area (Å²) in [5, 5.41) is 1.49. The van der Waals surface area contributed by atoms with Crippen molar-refractivity contribution >= 4 is 23.3 Å². The van der Waals surface area contributed by atoms with Crippen molar-refractivity contribution in [3.05, 3.63) is 90.5 Å². The number of carbonyl (C=O) groups excluding carboxylic acids is 3. The third-order valence-corrected chi connectivity index (χ3v) is 6.18. The lowest BCUT2D eigenvalue weighted by Crippen LogP contribution is -2.40. The Balaban J connectivity index is 1.34. The van der Waals surface area contributed by atoms with Crippen LogP contribution >= 0.6 is 0 Å². The molecule has 0 N–H and O–H groups in total. The van der Waals surface area contributed by atoms with Crippen molar-refractivity contribution in [2.45, 2.75) is 18.6 Å². The Morgan fingerprint density at radius 3 is 2.06 bits per heavy atom. The van der Waals surface area contributed by atoms with E-state index >= 15 is 0 Å². The van der Waals surface area contributed by atoms with Crippen LogP contribution in [0.25, 0.3) is 11.1 Å². The van der Waals surface area contributed by atoms with Crippen LogP contribution in [0.1, 0.15) is 16.8 Å². The van der Waals surface area contributed by atoms with Gasteiger partial charge in [-0.3, -0.25) is 19.2 Å². The number of para-hydroxylation sites is 1. The summed E-state index contributed by atoms with van der Waals surface area (Å²) in [5.41, 5.74) is 3.19. The van der Waals surface area contributed by atoms with Gasteiger partial charge in [-0.15, -0.1) is 0 Å². The largest absolute Gasteiger partial charge is 0.294 e. The van der Waals surface area contributed by atoms with Crippen LogP contribution in [0.4, 0.5) is 5.69 Å². The van der Waals surface area contributed by atoms with Crippen LogP contribution in [0.3, 0.4) is 0 Å². The highest BCUT2D eigenvalue weighted by Crippen LogP contribution is 2.39. The average molecular weight is 426 g/mol. The lowest BCUT2D eigenvalue weighted by atomic mass is 9.91. The summed E-state index contributed by atoms with van der Waals surface area (Å²) in [7, 11) is 1.67. The molecular formula is C26H22N2O4. The monoisotopic (exact) mass is 426 g/mol. The van der Waals surface area contributed by atoms with Gasteiger partial charge in [0.15, 0.2) is 11.9 Å². The van der Waals surface area contributed by atoms with Crippen molar-refractivity contribution in [2.24, 2.45) is 5.92 Å². The van der Waals surface area contributed by atoms with Crippen LogP contribution in [0, 0.1) is 5.92 Å². The number of hydroxylamine groups is 2. The van der Waals surface area contributed by atoms with Gasteiger partial charge in [-0.1, -0.05) is 72.8 Å². The van der Waals surface area contributed by atoms with Gasteiger partial charge in [0.25, 0.3) is 5.91 Å². The number of benzene rings is 3. The normalized spacial score (nSPS) is 22.9. The maximum Gasteiger partial charge on any atom is 0.265 e. The maximum absolute atomic E-state index is 13.2. The molecule has 0 aromatic heterocycles. The van der Waals surface area contributed by atoms with Crippen LogP contribution < -0.4 is 4.90 Å². The van der Waals surface area contributed by atoms with Crippen molar-refractivity contribution in [1.29, 1.82) is 0 Å². The van der Waals surface area contributed by atoms with E-state index < -0.39 is 18.1 Å². The van der Waals surface area contributed by atoms with E-state index in [1.165, 1.54) is 9.96 Å². The molecule has 3 aromatic rings. The molecule has 0 bridgehead atoms. The first-order valence-electron chi connectivity index (χ1n) is 10.6. The average Bonchev–Trinajstić information content (AvgIpc) is 3.28. The van der Waals surface area contributed by atoms with Crippen molar-refractivity contribution < 1.29 is 19.2 Å². The number of hydrogen-bond donors (Lipinski definition) is 0. The number of anilines is 1. The molecule has 5 rings (SSSR count). The van der Waals surface area contributed by atoms with Gasteiger partial charge in [0.2, 0.25) is 5.91 Å². The molecule has 160 valence electrons. The minimum absolute atomic E-state index is 0.0873. The summed E-state index contributed by atoms with van der Waals surface area (Å²) < 4.78 is 0. The SMILES string of the molecule is CN1O[C@@H]2C(=O)N(c3ccccc3)C(=O)[C@@H]2[C@@H]1CC(=O)c1ccc(-c2ccccc2)cc1. The molecule has 0 saturated carbocycles. The quantitative estimate of drug-likeness (QED) is 0.459. The Labute approximate surface area is 186 Å². The Morgan fingerprint density at radius 2 is 1.41 bits per heavy atom. The molecule has 2 saturated heterocycles. The van der Waals surface area contributed by atoms with E-state index in [1.807, 2.05) is 48.5 Å². The molecule has 0 spiro atoms. The molecule has 0 radical (unpaired) electrons. The highest BCUT2D eigenvalue weighted by atomic mass is 16.7. The number of hydrogen-bond acceptors (Lipinski definition) is 5. The predicted octanol–water partition coefficient (Wildman–Crippen LogP) is 3.73. The number of Topliss-reactive ketones (excluding diaryl/α,β-unsaturated/α-hetero) is 1. The summed E-state index contributed by atoms with van der Waals surface area (Å²) in [6.45, 7) is 0. The molecular weight excluding hydrogens is 404 g/mol. The maximum atomic E-state index is 13.2. The third kappa shape index (κ3) is 3.43. The fourth-order valence-electron chi connectivity index (χ4n) is 4.50. The third-order valence-electron chi connectivity index (χ3n) is 6.18. The number of carbonyl (C=O) groups is 3. The van der Waals surface area contributed by atoms with Gasteiger partial charge in [-0.2, -0.15) is 5.06 Å². The highest BCUT2D eigenvalue weighted by Gasteiger charge is 2.59. The fraction of sp³-hybridized carbons (Fsp3) is 0.192. The smallest absolute Gasteiger partial charge is 0.265 e. The molecule has 2 aliphatic rings. The highest BCUT2D eigenvalue weighted by molar-refractivity contribution is 6.23. The Morgan fingerprint density at radius 1 is 0.812 bits per heavy atom. The van der Waals surface area contributed by atoms with Crippen LogP contribution in [-0.2, 0) is 14.4 Å². The minimum atomic E-state index is -0.897. The van der Waals surface area contributed by atoms with E-state index in [0.29, 0.717) is 11.3 Å². The zero-order chi connectivity index (χ0) is 22.2. The fourth-order valence-corrected chi connectivity index (χ4v) is 4.50. The number of amides is 2. The lowest BCUT2D eigenvalue weighted by molar-refractivity contribution is -0.159. The van der Waals surface area contributed by atoms with E-state index in [1.54, 1.807) is 43.4 Å². The van der Waals surface area contributed by atoms with Gasteiger partial charge in [-0.25, -0.2) is 4.90 Å². The molecule has 6 nitrogen and oxygen atoms in total. The van der Waals surface area contributed by atoms with Crippen molar-refractivity contribution in [3.8, 4) is 11.1 Å². The molecule has 2 aliphatic heterocycles. The first-order chi connectivity index (χ1) is 15.5. The number of rotatable bonds is 5. The van der Waals surface area contributed by atoms with Crippen LogP contribution in [0.15, 0.2) is 84.9 Å². The molecule has 0 aliphatic carbocycles. The van der Waals surface area contributed by atoms with E-state index in [2.05, 4.69) is 0 Å². The summed E-state index contributed by atoms with van der Waals surface area (Å²) in [4.78, 5) is 46.0. The summed E-state index contributed by atoms with van der Waals surface area (Å²) >= 11 is 0. The van der Waals surface area contributed by atoms with Crippen molar-refractivity contribution in [3.63, 3.8) is 0 Å². The van der Waals surface area contributed by atoms with Crippen molar-refractivity contribution in [2.75, 3.05) is 11.9 Å². The second-order valence-electron chi connectivity index (χ2n) is 8.08. The topological polar surface area (TPSA) is 66.9 Å². The van der Waals surface area contributed by atoms with E-state index in [-0.39, 0.29) is 24.0 Å². The first-order valence-corrected chi connectivity index (χ1v) is 10.6. The standard InChI is InChI=1S/C26H22N2O4/c1-27-21(16-22(29)19-14-12-18(13-15-19)17-8-4-2-5-9-17)23-24(32-27)26(31)28(25(23)30)20-10-6-3-7-11-20/h2-15,21,23-24H,16H2,1H3/t21-,23+,24-/m0/s1. The number of imide groups is 1.